The van der Waals surface area contributed by atoms with Crippen molar-refractivity contribution in [3.63, 3.8) is 0 Å². The van der Waals surface area contributed by atoms with Gasteiger partial charge in [-0.1, -0.05) is 43.3 Å². The van der Waals surface area contributed by atoms with Crippen molar-refractivity contribution < 1.29 is 19.2 Å². The summed E-state index contributed by atoms with van der Waals surface area (Å²) < 4.78 is 0. The minimum Gasteiger partial charge on any atom is -0.324 e. The van der Waals surface area contributed by atoms with E-state index in [0.29, 0.717) is 17.0 Å². The summed E-state index contributed by atoms with van der Waals surface area (Å²) in [7, 11) is 0. The summed E-state index contributed by atoms with van der Waals surface area (Å²) in [6.07, 6.45) is 0.542. The molecule has 7 nitrogen and oxygen atoms in total. The molecule has 7 heteroatoms. The summed E-state index contributed by atoms with van der Waals surface area (Å²) in [5.74, 6) is -2.39. The standard InChI is InChI=1S/C18H17N3O4/c1-2-10-20-16(23)17(24)21(18(20)25)11-15(22)19-14-9-5-7-12-6-3-4-8-13(12)14/h3-9H,2,10-11H2,1H3,(H,19,22). The molecule has 0 aromatic heterocycles. The maximum Gasteiger partial charge on any atom is 0.334 e. The van der Waals surface area contributed by atoms with Crippen LogP contribution in [0.4, 0.5) is 10.5 Å². The number of benzene rings is 2. The van der Waals surface area contributed by atoms with Crippen LogP contribution in [0, 0.1) is 0 Å². The van der Waals surface area contributed by atoms with Gasteiger partial charge in [0.2, 0.25) is 5.91 Å². The molecule has 0 bridgehead atoms. The normalized spacial score (nSPS) is 14.5. The van der Waals surface area contributed by atoms with Gasteiger partial charge in [-0.25, -0.2) is 9.69 Å². The van der Waals surface area contributed by atoms with Gasteiger partial charge in [-0.15, -0.1) is 0 Å². The quantitative estimate of drug-likeness (QED) is 0.666. The van der Waals surface area contributed by atoms with Gasteiger partial charge < -0.3 is 5.32 Å². The number of anilines is 1. The molecule has 128 valence electrons. The number of hydrogen-bond acceptors (Lipinski definition) is 4. The Labute approximate surface area is 144 Å². The minimum atomic E-state index is -0.966. The fourth-order valence-electron chi connectivity index (χ4n) is 2.78. The molecular formula is C18H17N3O4. The van der Waals surface area contributed by atoms with Crippen LogP contribution in [-0.2, 0) is 14.4 Å². The Kier molecular flexibility index (Phi) is 4.47. The lowest BCUT2D eigenvalue weighted by molar-refractivity contribution is -0.143. The lowest BCUT2D eigenvalue weighted by Crippen LogP contribution is -2.39. The SMILES string of the molecule is CCCN1C(=O)C(=O)N(CC(=O)Nc2cccc3ccccc23)C1=O. The predicted molar refractivity (Wildman–Crippen MR) is 91.7 cm³/mol. The summed E-state index contributed by atoms with van der Waals surface area (Å²) in [6, 6.07) is 12.2. The van der Waals surface area contributed by atoms with Gasteiger partial charge in [0, 0.05) is 17.6 Å². The molecule has 1 heterocycles. The van der Waals surface area contributed by atoms with Crippen LogP contribution in [0.25, 0.3) is 10.8 Å². The first-order chi connectivity index (χ1) is 12.0. The van der Waals surface area contributed by atoms with Crippen molar-refractivity contribution in [1.82, 2.24) is 9.80 Å². The first-order valence-corrected chi connectivity index (χ1v) is 7.98. The summed E-state index contributed by atoms with van der Waals surface area (Å²) >= 11 is 0. The van der Waals surface area contributed by atoms with Crippen molar-refractivity contribution in [2.24, 2.45) is 0 Å². The fourth-order valence-corrected chi connectivity index (χ4v) is 2.78. The van der Waals surface area contributed by atoms with Crippen LogP contribution in [0.5, 0.6) is 0 Å². The summed E-state index contributed by atoms with van der Waals surface area (Å²) in [5.41, 5.74) is 0.582. The van der Waals surface area contributed by atoms with E-state index in [1.165, 1.54) is 0 Å². The van der Waals surface area contributed by atoms with E-state index in [9.17, 15) is 19.2 Å². The lowest BCUT2D eigenvalue weighted by Gasteiger charge is -2.15. The molecule has 0 atom stereocenters. The molecule has 0 unspecified atom stereocenters. The van der Waals surface area contributed by atoms with Crippen molar-refractivity contribution >= 4 is 40.2 Å². The van der Waals surface area contributed by atoms with Gasteiger partial charge in [-0.2, -0.15) is 0 Å². The number of fused-ring (bicyclic) bond motifs is 1. The largest absolute Gasteiger partial charge is 0.334 e. The molecule has 2 aromatic rings. The van der Waals surface area contributed by atoms with Gasteiger partial charge in [-0.05, 0) is 17.9 Å². The topological polar surface area (TPSA) is 86.8 Å². The molecule has 1 fully saturated rings. The van der Waals surface area contributed by atoms with Crippen LogP contribution in [-0.4, -0.2) is 46.6 Å². The van der Waals surface area contributed by atoms with Gasteiger partial charge in [0.05, 0.1) is 0 Å². The smallest absolute Gasteiger partial charge is 0.324 e. The minimum absolute atomic E-state index is 0.158. The Balaban J connectivity index is 1.75. The fraction of sp³-hybridized carbons (Fsp3) is 0.222. The molecule has 0 spiro atoms. The summed E-state index contributed by atoms with van der Waals surface area (Å²) in [5, 5.41) is 4.50. The number of imide groups is 2. The number of hydrogen-bond donors (Lipinski definition) is 1. The van der Waals surface area contributed by atoms with Crippen molar-refractivity contribution in [3.05, 3.63) is 42.5 Å². The van der Waals surface area contributed by atoms with Gasteiger partial charge in [-0.3, -0.25) is 19.3 Å². The lowest BCUT2D eigenvalue weighted by atomic mass is 10.1. The first-order valence-electron chi connectivity index (χ1n) is 7.98. The number of urea groups is 1. The van der Waals surface area contributed by atoms with Crippen molar-refractivity contribution in [2.75, 3.05) is 18.4 Å². The Hall–Kier alpha value is -3.22. The molecule has 0 aliphatic carbocycles. The highest BCUT2D eigenvalue weighted by atomic mass is 16.2. The van der Waals surface area contributed by atoms with Gasteiger partial charge >= 0.3 is 17.8 Å². The first kappa shape index (κ1) is 16.6. The van der Waals surface area contributed by atoms with Crippen LogP contribution in [0.15, 0.2) is 42.5 Å². The highest BCUT2D eigenvalue weighted by Crippen LogP contribution is 2.23. The van der Waals surface area contributed by atoms with E-state index >= 15 is 0 Å². The molecule has 1 N–H and O–H groups in total. The molecule has 1 aliphatic heterocycles. The monoisotopic (exact) mass is 339 g/mol. The highest BCUT2D eigenvalue weighted by Gasteiger charge is 2.44. The number of amides is 5. The number of carbonyl (C=O) groups excluding carboxylic acids is 4. The van der Waals surface area contributed by atoms with Crippen molar-refractivity contribution in [3.8, 4) is 0 Å². The molecule has 0 saturated carbocycles. The van der Waals surface area contributed by atoms with Crippen LogP contribution < -0.4 is 5.32 Å². The van der Waals surface area contributed by atoms with E-state index in [1.54, 1.807) is 19.1 Å². The van der Waals surface area contributed by atoms with Crippen molar-refractivity contribution in [2.45, 2.75) is 13.3 Å². The maximum atomic E-state index is 12.3. The van der Waals surface area contributed by atoms with Gasteiger partial charge in [0.25, 0.3) is 0 Å². The zero-order chi connectivity index (χ0) is 18.0. The van der Waals surface area contributed by atoms with E-state index in [1.807, 2.05) is 30.3 Å². The molecule has 3 rings (SSSR count). The Morgan fingerprint density at radius 1 is 0.960 bits per heavy atom. The summed E-state index contributed by atoms with van der Waals surface area (Å²) in [6.45, 7) is 1.46. The zero-order valence-electron chi connectivity index (χ0n) is 13.7. The third kappa shape index (κ3) is 3.08. The highest BCUT2D eigenvalue weighted by molar-refractivity contribution is 6.45. The Morgan fingerprint density at radius 2 is 1.64 bits per heavy atom. The molecular weight excluding hydrogens is 322 g/mol. The van der Waals surface area contributed by atoms with E-state index < -0.39 is 30.3 Å². The number of carbonyl (C=O) groups is 4. The maximum absolute atomic E-state index is 12.3. The molecule has 2 aromatic carbocycles. The second-order valence-electron chi connectivity index (χ2n) is 5.71. The van der Waals surface area contributed by atoms with E-state index in [0.717, 1.165) is 15.7 Å². The second kappa shape index (κ2) is 6.72. The Morgan fingerprint density at radius 3 is 2.40 bits per heavy atom. The number of nitrogens with one attached hydrogen (secondary N) is 1. The number of rotatable bonds is 5. The molecule has 5 amide bonds. The predicted octanol–water partition coefficient (Wildman–Crippen LogP) is 1.98. The molecule has 1 saturated heterocycles. The van der Waals surface area contributed by atoms with Gasteiger partial charge in [0.1, 0.15) is 6.54 Å². The third-order valence-corrected chi connectivity index (χ3v) is 3.95. The average molecular weight is 339 g/mol. The van der Waals surface area contributed by atoms with E-state index in [2.05, 4.69) is 5.32 Å². The van der Waals surface area contributed by atoms with Crippen LogP contribution in [0.1, 0.15) is 13.3 Å². The molecule has 0 radical (unpaired) electrons. The third-order valence-electron chi connectivity index (χ3n) is 3.95. The molecule has 25 heavy (non-hydrogen) atoms. The van der Waals surface area contributed by atoms with Crippen LogP contribution in [0.3, 0.4) is 0 Å². The van der Waals surface area contributed by atoms with E-state index in [-0.39, 0.29) is 6.54 Å². The van der Waals surface area contributed by atoms with Crippen LogP contribution >= 0.6 is 0 Å². The zero-order valence-corrected chi connectivity index (χ0v) is 13.7. The van der Waals surface area contributed by atoms with Crippen molar-refractivity contribution in [1.29, 1.82) is 0 Å². The average Bonchev–Trinajstić information content (AvgIpc) is 2.80. The Bertz CT molecular complexity index is 872. The summed E-state index contributed by atoms with van der Waals surface area (Å²) in [4.78, 5) is 49.7. The molecule has 1 aliphatic rings. The second-order valence-corrected chi connectivity index (χ2v) is 5.71. The van der Waals surface area contributed by atoms with Gasteiger partial charge in [0.15, 0.2) is 0 Å². The van der Waals surface area contributed by atoms with Crippen LogP contribution in [0.2, 0.25) is 0 Å². The number of nitrogens with zero attached hydrogens (tertiary/aromatic N) is 2. The van der Waals surface area contributed by atoms with E-state index in [4.69, 9.17) is 0 Å².